The number of aliphatic hydroxyl groups excluding tert-OH is 2. The molecule has 0 aromatic heterocycles. The molecule has 0 spiro atoms. The minimum Gasteiger partial charge on any atom is -0.390 e. The summed E-state index contributed by atoms with van der Waals surface area (Å²) < 4.78 is 0. The lowest BCUT2D eigenvalue weighted by molar-refractivity contribution is 0.0301. The highest BCUT2D eigenvalue weighted by atomic mass is 16.3. The lowest BCUT2D eigenvalue weighted by Gasteiger charge is -2.17. The van der Waals surface area contributed by atoms with E-state index in [4.69, 9.17) is 0 Å². The van der Waals surface area contributed by atoms with E-state index in [1.165, 1.54) is 0 Å². The van der Waals surface area contributed by atoms with Crippen LogP contribution in [0.3, 0.4) is 0 Å². The molecule has 2 unspecified atom stereocenters. The van der Waals surface area contributed by atoms with Gasteiger partial charge in [0, 0.05) is 0 Å². The highest BCUT2D eigenvalue weighted by Crippen LogP contribution is 2.22. The van der Waals surface area contributed by atoms with Crippen molar-refractivity contribution in [3.8, 4) is 0 Å². The SMILES string of the molecule is Cc1cccc(C(O)C(C)O)c1C. The summed E-state index contributed by atoms with van der Waals surface area (Å²) in [7, 11) is 0. The lowest BCUT2D eigenvalue weighted by atomic mass is 9.97. The molecule has 0 fully saturated rings. The summed E-state index contributed by atoms with van der Waals surface area (Å²) >= 11 is 0. The van der Waals surface area contributed by atoms with E-state index < -0.39 is 12.2 Å². The van der Waals surface area contributed by atoms with Gasteiger partial charge >= 0.3 is 0 Å². The Labute approximate surface area is 78.8 Å². The molecule has 0 radical (unpaired) electrons. The first-order valence-corrected chi connectivity index (χ1v) is 4.46. The fourth-order valence-electron chi connectivity index (χ4n) is 1.35. The zero-order valence-electron chi connectivity index (χ0n) is 8.28. The van der Waals surface area contributed by atoms with Crippen molar-refractivity contribution in [3.05, 3.63) is 34.9 Å². The predicted octanol–water partition coefficient (Wildman–Crippen LogP) is 1.72. The number of rotatable bonds is 2. The van der Waals surface area contributed by atoms with Crippen molar-refractivity contribution in [3.63, 3.8) is 0 Å². The number of aliphatic hydroxyl groups is 2. The normalized spacial score (nSPS) is 15.5. The van der Waals surface area contributed by atoms with Gasteiger partial charge in [-0.15, -0.1) is 0 Å². The molecule has 0 saturated heterocycles. The van der Waals surface area contributed by atoms with Crippen LogP contribution in [0.4, 0.5) is 0 Å². The smallest absolute Gasteiger partial charge is 0.105 e. The molecule has 2 heteroatoms. The Morgan fingerprint density at radius 1 is 1.15 bits per heavy atom. The minimum atomic E-state index is -0.778. The molecule has 0 saturated carbocycles. The molecule has 1 aromatic rings. The van der Waals surface area contributed by atoms with Gasteiger partial charge in [0.05, 0.1) is 6.10 Å². The van der Waals surface area contributed by atoms with Crippen molar-refractivity contribution in [2.24, 2.45) is 0 Å². The third-order valence-corrected chi connectivity index (χ3v) is 2.42. The Morgan fingerprint density at radius 2 is 1.77 bits per heavy atom. The summed E-state index contributed by atoms with van der Waals surface area (Å²) in [6.45, 7) is 5.54. The highest BCUT2D eigenvalue weighted by molar-refractivity contribution is 5.34. The van der Waals surface area contributed by atoms with Crippen molar-refractivity contribution in [2.75, 3.05) is 0 Å². The first kappa shape index (κ1) is 10.2. The third kappa shape index (κ3) is 2.08. The largest absolute Gasteiger partial charge is 0.390 e. The Kier molecular flexibility index (Phi) is 3.07. The number of aryl methyl sites for hydroxylation is 1. The van der Waals surface area contributed by atoms with E-state index in [1.54, 1.807) is 6.92 Å². The van der Waals surface area contributed by atoms with E-state index in [1.807, 2.05) is 32.0 Å². The fourth-order valence-corrected chi connectivity index (χ4v) is 1.35. The monoisotopic (exact) mass is 180 g/mol. The molecule has 0 bridgehead atoms. The van der Waals surface area contributed by atoms with Crippen LogP contribution in [0.25, 0.3) is 0 Å². The summed E-state index contributed by atoms with van der Waals surface area (Å²) in [5.41, 5.74) is 3.00. The molecule has 0 aliphatic heterocycles. The molecule has 2 nitrogen and oxygen atoms in total. The zero-order valence-corrected chi connectivity index (χ0v) is 8.28. The maximum atomic E-state index is 9.65. The van der Waals surface area contributed by atoms with Crippen LogP contribution >= 0.6 is 0 Å². The van der Waals surface area contributed by atoms with Crippen LogP contribution in [0, 0.1) is 13.8 Å². The second-order valence-electron chi connectivity index (χ2n) is 3.47. The molecule has 2 atom stereocenters. The summed E-state index contributed by atoms with van der Waals surface area (Å²) in [6.07, 6.45) is -1.50. The highest BCUT2D eigenvalue weighted by Gasteiger charge is 2.15. The molecule has 1 aromatic carbocycles. The first-order chi connectivity index (χ1) is 6.04. The average Bonchev–Trinajstić information content (AvgIpc) is 2.08. The van der Waals surface area contributed by atoms with Crippen LogP contribution in [0.15, 0.2) is 18.2 Å². The molecule has 2 N–H and O–H groups in total. The second-order valence-corrected chi connectivity index (χ2v) is 3.47. The quantitative estimate of drug-likeness (QED) is 0.727. The van der Waals surface area contributed by atoms with Gasteiger partial charge in [-0.05, 0) is 37.5 Å². The molecule has 72 valence electrons. The maximum Gasteiger partial charge on any atom is 0.105 e. The van der Waals surface area contributed by atoms with Crippen LogP contribution in [0.2, 0.25) is 0 Å². The van der Waals surface area contributed by atoms with Gasteiger partial charge in [0.15, 0.2) is 0 Å². The summed E-state index contributed by atoms with van der Waals surface area (Å²) in [4.78, 5) is 0. The molecule has 0 amide bonds. The minimum absolute atomic E-state index is 0.722. The fraction of sp³-hybridized carbons (Fsp3) is 0.455. The van der Waals surface area contributed by atoms with Crippen LogP contribution in [-0.4, -0.2) is 16.3 Å². The van der Waals surface area contributed by atoms with E-state index in [2.05, 4.69) is 0 Å². The molecular formula is C11H16O2. The van der Waals surface area contributed by atoms with Crippen LogP contribution in [-0.2, 0) is 0 Å². The van der Waals surface area contributed by atoms with Crippen molar-refractivity contribution < 1.29 is 10.2 Å². The van der Waals surface area contributed by atoms with Gasteiger partial charge in [-0.25, -0.2) is 0 Å². The van der Waals surface area contributed by atoms with Crippen molar-refractivity contribution in [1.82, 2.24) is 0 Å². The van der Waals surface area contributed by atoms with Crippen LogP contribution in [0.1, 0.15) is 29.7 Å². The maximum absolute atomic E-state index is 9.65. The van der Waals surface area contributed by atoms with E-state index in [-0.39, 0.29) is 0 Å². The van der Waals surface area contributed by atoms with E-state index >= 15 is 0 Å². The van der Waals surface area contributed by atoms with Gasteiger partial charge in [0.1, 0.15) is 6.10 Å². The summed E-state index contributed by atoms with van der Waals surface area (Å²) in [5.74, 6) is 0. The topological polar surface area (TPSA) is 40.5 Å². The Morgan fingerprint density at radius 3 is 2.31 bits per heavy atom. The number of hydrogen-bond acceptors (Lipinski definition) is 2. The van der Waals surface area contributed by atoms with E-state index in [0.717, 1.165) is 16.7 Å². The zero-order chi connectivity index (χ0) is 10.0. The van der Waals surface area contributed by atoms with Crippen LogP contribution < -0.4 is 0 Å². The second kappa shape index (κ2) is 3.90. The first-order valence-electron chi connectivity index (χ1n) is 4.46. The predicted molar refractivity (Wildman–Crippen MR) is 52.6 cm³/mol. The molecule has 0 aliphatic carbocycles. The number of benzene rings is 1. The van der Waals surface area contributed by atoms with Crippen molar-refractivity contribution in [1.29, 1.82) is 0 Å². The molecule has 1 rings (SSSR count). The molecule has 0 aliphatic rings. The average molecular weight is 180 g/mol. The van der Waals surface area contributed by atoms with Crippen molar-refractivity contribution >= 4 is 0 Å². The summed E-state index contributed by atoms with van der Waals surface area (Å²) in [6, 6.07) is 5.73. The van der Waals surface area contributed by atoms with Gasteiger partial charge < -0.3 is 10.2 Å². The van der Waals surface area contributed by atoms with E-state index in [0.29, 0.717) is 0 Å². The van der Waals surface area contributed by atoms with Gasteiger partial charge in [-0.3, -0.25) is 0 Å². The molecular weight excluding hydrogens is 164 g/mol. The third-order valence-electron chi connectivity index (χ3n) is 2.42. The van der Waals surface area contributed by atoms with Gasteiger partial charge in [-0.2, -0.15) is 0 Å². The summed E-state index contributed by atoms with van der Waals surface area (Å²) in [5, 5.41) is 18.9. The van der Waals surface area contributed by atoms with Gasteiger partial charge in [-0.1, -0.05) is 18.2 Å². The van der Waals surface area contributed by atoms with Gasteiger partial charge in [0.25, 0.3) is 0 Å². The number of hydrogen-bond donors (Lipinski definition) is 2. The van der Waals surface area contributed by atoms with Gasteiger partial charge in [0.2, 0.25) is 0 Å². The van der Waals surface area contributed by atoms with Crippen LogP contribution in [0.5, 0.6) is 0 Å². The standard InChI is InChI=1S/C11H16O2/c1-7-5-4-6-10(8(7)2)11(13)9(3)12/h4-6,9,11-13H,1-3H3. The Balaban J connectivity index is 3.07. The van der Waals surface area contributed by atoms with E-state index in [9.17, 15) is 10.2 Å². The Bertz CT molecular complexity index is 292. The molecule has 0 heterocycles. The van der Waals surface area contributed by atoms with Crippen molar-refractivity contribution in [2.45, 2.75) is 33.0 Å². The molecule has 13 heavy (non-hydrogen) atoms. The lowest BCUT2D eigenvalue weighted by Crippen LogP contribution is -2.15. The Hall–Kier alpha value is -0.860.